The van der Waals surface area contributed by atoms with Crippen LogP contribution in [-0.4, -0.2) is 50.1 Å². The Balaban J connectivity index is 1.52. The molecular formula is C20H25N3O2. The normalized spacial score (nSPS) is 16.3. The third-order valence-electron chi connectivity index (χ3n) is 4.72. The molecular weight excluding hydrogens is 314 g/mol. The molecule has 0 unspecified atom stereocenters. The Hall–Kier alpha value is -2.53. The molecule has 25 heavy (non-hydrogen) atoms. The van der Waals surface area contributed by atoms with Crippen LogP contribution in [0.2, 0.25) is 0 Å². The maximum Gasteiger partial charge on any atom is 0.241 e. The molecule has 1 saturated heterocycles. The number of nitrogens with zero attached hydrogens (tertiary/aromatic N) is 2. The number of methoxy groups -OCH3 is 1. The number of piperazine rings is 1. The fourth-order valence-electron chi connectivity index (χ4n) is 3.09. The molecule has 1 N–H and O–H groups in total. The first-order valence-corrected chi connectivity index (χ1v) is 8.66. The van der Waals surface area contributed by atoms with Crippen molar-refractivity contribution in [1.29, 1.82) is 0 Å². The zero-order valence-corrected chi connectivity index (χ0v) is 14.8. The van der Waals surface area contributed by atoms with Gasteiger partial charge in [-0.05, 0) is 43.3 Å². The van der Waals surface area contributed by atoms with Gasteiger partial charge in [0.15, 0.2) is 0 Å². The molecule has 1 aliphatic heterocycles. The smallest absolute Gasteiger partial charge is 0.241 e. The van der Waals surface area contributed by atoms with Crippen molar-refractivity contribution in [3.8, 4) is 5.75 Å². The molecule has 1 heterocycles. The lowest BCUT2D eigenvalue weighted by Crippen LogP contribution is -2.52. The zero-order chi connectivity index (χ0) is 17.6. The Bertz CT molecular complexity index is 680. The maximum atomic E-state index is 12.5. The number of amides is 1. The van der Waals surface area contributed by atoms with Gasteiger partial charge in [-0.2, -0.15) is 0 Å². The largest absolute Gasteiger partial charge is 0.497 e. The summed E-state index contributed by atoms with van der Waals surface area (Å²) in [6.45, 7) is 5.60. The van der Waals surface area contributed by atoms with Gasteiger partial charge in [-0.25, -0.2) is 0 Å². The van der Waals surface area contributed by atoms with Crippen molar-refractivity contribution in [2.45, 2.75) is 13.0 Å². The van der Waals surface area contributed by atoms with Gasteiger partial charge < -0.3 is 15.0 Å². The molecule has 0 radical (unpaired) electrons. The topological polar surface area (TPSA) is 44.8 Å². The van der Waals surface area contributed by atoms with Gasteiger partial charge >= 0.3 is 0 Å². The highest BCUT2D eigenvalue weighted by Gasteiger charge is 2.25. The van der Waals surface area contributed by atoms with E-state index >= 15 is 0 Å². The number of hydrogen-bond donors (Lipinski definition) is 1. The van der Waals surface area contributed by atoms with E-state index in [9.17, 15) is 4.79 Å². The van der Waals surface area contributed by atoms with E-state index in [0.717, 1.165) is 37.6 Å². The van der Waals surface area contributed by atoms with Crippen molar-refractivity contribution in [2.24, 2.45) is 0 Å². The molecule has 0 spiro atoms. The first kappa shape index (κ1) is 17.3. The van der Waals surface area contributed by atoms with Gasteiger partial charge in [-0.15, -0.1) is 0 Å². The second-order valence-corrected chi connectivity index (χ2v) is 6.25. The van der Waals surface area contributed by atoms with E-state index in [1.54, 1.807) is 7.11 Å². The molecule has 0 aromatic heterocycles. The molecule has 0 bridgehead atoms. The molecule has 5 nitrogen and oxygen atoms in total. The average Bonchev–Trinajstić information content (AvgIpc) is 2.69. The summed E-state index contributed by atoms with van der Waals surface area (Å²) in [4.78, 5) is 17.1. The lowest BCUT2D eigenvalue weighted by atomic mass is 10.2. The van der Waals surface area contributed by atoms with Gasteiger partial charge in [-0.3, -0.25) is 9.69 Å². The number of nitrogens with one attached hydrogen (secondary N) is 1. The summed E-state index contributed by atoms with van der Waals surface area (Å²) >= 11 is 0. The van der Waals surface area contributed by atoms with E-state index in [0.29, 0.717) is 0 Å². The van der Waals surface area contributed by atoms with E-state index in [1.165, 1.54) is 5.69 Å². The minimum absolute atomic E-state index is 0.0262. The standard InChI is InChI=1S/C20H25N3O2/c1-16(20(24)21-17-8-10-19(25-2)11-9-17)22-12-14-23(15-13-22)18-6-4-3-5-7-18/h3-11,16H,12-15H2,1-2H3,(H,21,24)/t16-/m0/s1. The molecule has 5 heteroatoms. The number of rotatable bonds is 5. The van der Waals surface area contributed by atoms with Crippen LogP contribution < -0.4 is 15.0 Å². The fraction of sp³-hybridized carbons (Fsp3) is 0.350. The summed E-state index contributed by atoms with van der Waals surface area (Å²) in [5, 5.41) is 2.98. The summed E-state index contributed by atoms with van der Waals surface area (Å²) in [6.07, 6.45) is 0. The number of benzene rings is 2. The van der Waals surface area contributed by atoms with E-state index in [4.69, 9.17) is 4.74 Å². The molecule has 0 saturated carbocycles. The number of anilines is 2. The third-order valence-corrected chi connectivity index (χ3v) is 4.72. The first-order chi connectivity index (χ1) is 12.2. The van der Waals surface area contributed by atoms with Gasteiger partial charge in [0.25, 0.3) is 0 Å². The maximum absolute atomic E-state index is 12.5. The van der Waals surface area contributed by atoms with Crippen LogP contribution in [0.5, 0.6) is 5.75 Å². The predicted molar refractivity (Wildman–Crippen MR) is 101 cm³/mol. The minimum atomic E-state index is -0.153. The Kier molecular flexibility index (Phi) is 5.56. The minimum Gasteiger partial charge on any atom is -0.497 e. The quantitative estimate of drug-likeness (QED) is 0.910. The van der Waals surface area contributed by atoms with Gasteiger partial charge in [0.1, 0.15) is 5.75 Å². The summed E-state index contributed by atoms with van der Waals surface area (Å²) in [5.74, 6) is 0.807. The number of hydrogen-bond acceptors (Lipinski definition) is 4. The molecule has 0 aliphatic carbocycles. The van der Waals surface area contributed by atoms with Crippen LogP contribution >= 0.6 is 0 Å². The second kappa shape index (κ2) is 8.03. The highest BCUT2D eigenvalue weighted by molar-refractivity contribution is 5.94. The van der Waals surface area contributed by atoms with Crippen LogP contribution in [0.25, 0.3) is 0 Å². The summed E-state index contributed by atoms with van der Waals surface area (Å²) < 4.78 is 5.14. The van der Waals surface area contributed by atoms with Crippen molar-refractivity contribution in [1.82, 2.24) is 4.90 Å². The van der Waals surface area contributed by atoms with E-state index in [1.807, 2.05) is 37.3 Å². The SMILES string of the molecule is COc1ccc(NC(=O)[C@H](C)N2CCN(c3ccccc3)CC2)cc1. The molecule has 3 rings (SSSR count). The zero-order valence-electron chi connectivity index (χ0n) is 14.8. The molecule has 1 atom stereocenters. The monoisotopic (exact) mass is 339 g/mol. The fourth-order valence-corrected chi connectivity index (χ4v) is 3.09. The van der Waals surface area contributed by atoms with Gasteiger partial charge in [-0.1, -0.05) is 18.2 Å². The molecule has 1 aliphatic rings. The lowest BCUT2D eigenvalue weighted by molar-refractivity contribution is -0.120. The number of carbonyl (C=O) groups excluding carboxylic acids is 1. The summed E-state index contributed by atoms with van der Waals surface area (Å²) in [6, 6.07) is 17.7. The van der Waals surface area contributed by atoms with Crippen LogP contribution in [0, 0.1) is 0 Å². The third kappa shape index (κ3) is 4.31. The van der Waals surface area contributed by atoms with Crippen molar-refractivity contribution in [3.63, 3.8) is 0 Å². The Morgan fingerprint density at radius 3 is 2.24 bits per heavy atom. The van der Waals surface area contributed by atoms with Crippen LogP contribution in [0.4, 0.5) is 11.4 Å². The van der Waals surface area contributed by atoms with Crippen LogP contribution in [0.15, 0.2) is 54.6 Å². The Morgan fingerprint density at radius 2 is 1.64 bits per heavy atom. The van der Waals surface area contributed by atoms with Gasteiger partial charge in [0.2, 0.25) is 5.91 Å². The van der Waals surface area contributed by atoms with E-state index in [2.05, 4.69) is 39.4 Å². The second-order valence-electron chi connectivity index (χ2n) is 6.25. The summed E-state index contributed by atoms with van der Waals surface area (Å²) in [7, 11) is 1.63. The molecule has 132 valence electrons. The lowest BCUT2D eigenvalue weighted by Gasteiger charge is -2.38. The van der Waals surface area contributed by atoms with Crippen molar-refractivity contribution in [3.05, 3.63) is 54.6 Å². The summed E-state index contributed by atoms with van der Waals surface area (Å²) in [5.41, 5.74) is 2.04. The first-order valence-electron chi connectivity index (χ1n) is 8.66. The van der Waals surface area contributed by atoms with Crippen molar-refractivity contribution in [2.75, 3.05) is 43.5 Å². The Labute approximate surface area is 149 Å². The average molecular weight is 339 g/mol. The number of ether oxygens (including phenoxy) is 1. The van der Waals surface area contributed by atoms with Crippen LogP contribution in [0.3, 0.4) is 0 Å². The van der Waals surface area contributed by atoms with Crippen LogP contribution in [-0.2, 0) is 4.79 Å². The number of carbonyl (C=O) groups is 1. The molecule has 2 aromatic carbocycles. The van der Waals surface area contributed by atoms with Crippen LogP contribution in [0.1, 0.15) is 6.92 Å². The van der Waals surface area contributed by atoms with Crippen molar-refractivity contribution >= 4 is 17.3 Å². The molecule has 1 fully saturated rings. The van der Waals surface area contributed by atoms with E-state index < -0.39 is 0 Å². The van der Waals surface area contributed by atoms with Gasteiger partial charge in [0.05, 0.1) is 13.2 Å². The van der Waals surface area contributed by atoms with Gasteiger partial charge in [0, 0.05) is 37.6 Å². The molecule has 2 aromatic rings. The highest BCUT2D eigenvalue weighted by atomic mass is 16.5. The number of para-hydroxylation sites is 1. The predicted octanol–water partition coefficient (Wildman–Crippen LogP) is 2.84. The van der Waals surface area contributed by atoms with E-state index in [-0.39, 0.29) is 11.9 Å². The van der Waals surface area contributed by atoms with Crippen molar-refractivity contribution < 1.29 is 9.53 Å². The molecule has 1 amide bonds. The Morgan fingerprint density at radius 1 is 1.00 bits per heavy atom. The highest BCUT2D eigenvalue weighted by Crippen LogP contribution is 2.18.